The van der Waals surface area contributed by atoms with Crippen LogP contribution in [-0.2, 0) is 11.2 Å². The quantitative estimate of drug-likeness (QED) is 0.497. The van der Waals surface area contributed by atoms with Gasteiger partial charge < -0.3 is 9.64 Å². The molecule has 0 N–H and O–H groups in total. The molecular formula is C22H23ClN6O. The molecule has 4 aromatic rings. The summed E-state index contributed by atoms with van der Waals surface area (Å²) in [5.74, 6) is 1.05. The summed E-state index contributed by atoms with van der Waals surface area (Å²) in [5, 5.41) is 15.5. The van der Waals surface area contributed by atoms with Crippen molar-refractivity contribution in [1.29, 1.82) is 0 Å². The van der Waals surface area contributed by atoms with Gasteiger partial charge >= 0.3 is 0 Å². The molecule has 8 heteroatoms. The largest absolute Gasteiger partial charge is 0.378 e. The molecule has 154 valence electrons. The lowest BCUT2D eigenvalue weighted by atomic mass is 10.1. The average Bonchev–Trinajstić information content (AvgIpc) is 3.20. The van der Waals surface area contributed by atoms with Crippen LogP contribution in [0, 0.1) is 0 Å². The van der Waals surface area contributed by atoms with E-state index in [-0.39, 0.29) is 5.92 Å². The molecule has 0 amide bonds. The van der Waals surface area contributed by atoms with E-state index in [0.29, 0.717) is 12.1 Å². The Morgan fingerprint density at radius 1 is 1.10 bits per heavy atom. The summed E-state index contributed by atoms with van der Waals surface area (Å²) in [5.41, 5.74) is 4.69. The number of morpholine rings is 1. The fourth-order valence-electron chi connectivity index (χ4n) is 3.85. The molecule has 1 aliphatic heterocycles. The van der Waals surface area contributed by atoms with Crippen LogP contribution in [0.3, 0.4) is 0 Å². The van der Waals surface area contributed by atoms with Gasteiger partial charge in [0.2, 0.25) is 5.65 Å². The second kappa shape index (κ2) is 7.81. The van der Waals surface area contributed by atoms with Crippen molar-refractivity contribution in [2.75, 3.05) is 31.2 Å². The number of hydrogen-bond donors (Lipinski definition) is 0. The molecular weight excluding hydrogens is 400 g/mol. The van der Waals surface area contributed by atoms with Crippen LogP contribution in [0.5, 0.6) is 0 Å². The summed E-state index contributed by atoms with van der Waals surface area (Å²) in [6.45, 7) is 7.37. The standard InChI is InChI=1S/C22H23ClN6O/c1-14(2)21-25-26-22-20-18(12-17(13-24-20)28-7-9-30-10-8-28)19(27-29(21)22)11-15-3-5-16(23)6-4-15/h3-6,12-14H,7-11H2,1-2H3. The van der Waals surface area contributed by atoms with E-state index in [9.17, 15) is 0 Å². The van der Waals surface area contributed by atoms with Crippen LogP contribution in [0.25, 0.3) is 16.6 Å². The highest BCUT2D eigenvalue weighted by Crippen LogP contribution is 2.28. The van der Waals surface area contributed by atoms with Crippen molar-refractivity contribution in [2.45, 2.75) is 26.2 Å². The first-order valence-electron chi connectivity index (χ1n) is 10.2. The Morgan fingerprint density at radius 2 is 1.87 bits per heavy atom. The Kier molecular flexibility index (Phi) is 5.00. The lowest BCUT2D eigenvalue weighted by Crippen LogP contribution is -2.36. The number of rotatable bonds is 4. The van der Waals surface area contributed by atoms with E-state index in [1.165, 1.54) is 0 Å². The van der Waals surface area contributed by atoms with Crippen LogP contribution < -0.4 is 4.90 Å². The minimum atomic E-state index is 0.209. The predicted molar refractivity (Wildman–Crippen MR) is 117 cm³/mol. The van der Waals surface area contributed by atoms with Gasteiger partial charge in [0.1, 0.15) is 5.52 Å². The first kappa shape index (κ1) is 19.2. The molecule has 0 bridgehead atoms. The Morgan fingerprint density at radius 3 is 2.60 bits per heavy atom. The summed E-state index contributed by atoms with van der Waals surface area (Å²) in [4.78, 5) is 7.11. The van der Waals surface area contributed by atoms with Crippen LogP contribution in [0.4, 0.5) is 5.69 Å². The molecule has 0 unspecified atom stereocenters. The van der Waals surface area contributed by atoms with Crippen LogP contribution in [0.2, 0.25) is 5.02 Å². The van der Waals surface area contributed by atoms with E-state index in [1.807, 2.05) is 35.0 Å². The second-order valence-corrected chi connectivity index (χ2v) is 8.32. The normalized spacial score (nSPS) is 14.9. The smallest absolute Gasteiger partial charge is 0.204 e. The monoisotopic (exact) mass is 422 g/mol. The van der Waals surface area contributed by atoms with E-state index in [4.69, 9.17) is 26.4 Å². The van der Waals surface area contributed by atoms with E-state index in [1.54, 1.807) is 0 Å². The zero-order valence-corrected chi connectivity index (χ0v) is 17.8. The molecule has 1 fully saturated rings. The highest BCUT2D eigenvalue weighted by Gasteiger charge is 2.19. The maximum Gasteiger partial charge on any atom is 0.204 e. The van der Waals surface area contributed by atoms with E-state index < -0.39 is 0 Å². The van der Waals surface area contributed by atoms with Gasteiger partial charge in [-0.3, -0.25) is 0 Å². The van der Waals surface area contributed by atoms with Crippen molar-refractivity contribution >= 4 is 33.8 Å². The molecule has 4 heterocycles. The molecule has 5 rings (SSSR count). The zero-order chi connectivity index (χ0) is 20.7. The van der Waals surface area contributed by atoms with E-state index in [0.717, 1.165) is 65.0 Å². The summed E-state index contributed by atoms with van der Waals surface area (Å²) >= 11 is 6.07. The number of anilines is 1. The molecule has 1 aromatic carbocycles. The maximum absolute atomic E-state index is 6.07. The number of pyridine rings is 1. The van der Waals surface area contributed by atoms with Gasteiger partial charge in [-0.25, -0.2) is 4.98 Å². The second-order valence-electron chi connectivity index (χ2n) is 7.89. The number of hydrogen-bond acceptors (Lipinski definition) is 6. The van der Waals surface area contributed by atoms with Crippen molar-refractivity contribution in [2.24, 2.45) is 0 Å². The van der Waals surface area contributed by atoms with Crippen molar-refractivity contribution in [3.8, 4) is 0 Å². The van der Waals surface area contributed by atoms with Gasteiger partial charge in [-0.05, 0) is 23.8 Å². The minimum absolute atomic E-state index is 0.209. The molecule has 0 spiro atoms. The molecule has 7 nitrogen and oxygen atoms in total. The van der Waals surface area contributed by atoms with Crippen LogP contribution in [0.1, 0.15) is 36.8 Å². The first-order chi connectivity index (χ1) is 14.6. The van der Waals surface area contributed by atoms with Gasteiger partial charge in [-0.2, -0.15) is 9.61 Å². The van der Waals surface area contributed by atoms with Crippen LogP contribution in [0.15, 0.2) is 36.5 Å². The molecule has 0 radical (unpaired) electrons. The van der Waals surface area contributed by atoms with E-state index >= 15 is 0 Å². The van der Waals surface area contributed by atoms with Crippen molar-refractivity contribution < 1.29 is 4.74 Å². The lowest BCUT2D eigenvalue weighted by Gasteiger charge is -2.28. The van der Waals surface area contributed by atoms with Crippen LogP contribution in [-0.4, -0.2) is 51.1 Å². The Bertz CT molecular complexity index is 1200. The molecule has 0 aliphatic carbocycles. The molecule has 0 saturated carbocycles. The molecule has 0 atom stereocenters. The third kappa shape index (κ3) is 3.48. The zero-order valence-electron chi connectivity index (χ0n) is 17.0. The Balaban J connectivity index is 1.69. The summed E-state index contributed by atoms with van der Waals surface area (Å²) in [7, 11) is 0. The van der Waals surface area contributed by atoms with Gasteiger partial charge in [0, 0.05) is 35.8 Å². The molecule has 30 heavy (non-hydrogen) atoms. The van der Waals surface area contributed by atoms with Crippen LogP contribution >= 0.6 is 11.6 Å². The van der Waals surface area contributed by atoms with Gasteiger partial charge in [0.05, 0.1) is 30.8 Å². The average molecular weight is 423 g/mol. The van der Waals surface area contributed by atoms with Crippen molar-refractivity contribution in [3.05, 3.63) is 58.6 Å². The third-order valence-corrected chi connectivity index (χ3v) is 5.71. The van der Waals surface area contributed by atoms with Crippen molar-refractivity contribution in [1.82, 2.24) is 24.8 Å². The maximum atomic E-state index is 6.07. The Hall–Kier alpha value is -2.77. The first-order valence-corrected chi connectivity index (χ1v) is 10.6. The summed E-state index contributed by atoms with van der Waals surface area (Å²) in [6.07, 6.45) is 2.59. The summed E-state index contributed by atoms with van der Waals surface area (Å²) in [6, 6.07) is 10.1. The molecule has 3 aromatic heterocycles. The molecule has 1 aliphatic rings. The van der Waals surface area contributed by atoms with Gasteiger partial charge in [-0.1, -0.05) is 37.6 Å². The number of nitrogens with zero attached hydrogens (tertiary/aromatic N) is 6. The van der Waals surface area contributed by atoms with Crippen molar-refractivity contribution in [3.63, 3.8) is 0 Å². The highest BCUT2D eigenvalue weighted by atomic mass is 35.5. The number of fused-ring (bicyclic) bond motifs is 3. The number of aromatic nitrogens is 5. The SMILES string of the molecule is CC(C)c1nnc2c3ncc(N4CCOCC4)cc3c(Cc3ccc(Cl)cc3)nn12. The molecule has 1 saturated heterocycles. The van der Waals surface area contributed by atoms with E-state index in [2.05, 4.69) is 35.0 Å². The lowest BCUT2D eigenvalue weighted by molar-refractivity contribution is 0.122. The summed E-state index contributed by atoms with van der Waals surface area (Å²) < 4.78 is 7.34. The minimum Gasteiger partial charge on any atom is -0.378 e. The topological polar surface area (TPSA) is 68.4 Å². The van der Waals surface area contributed by atoms with Gasteiger partial charge in [0.25, 0.3) is 0 Å². The fraction of sp³-hybridized carbons (Fsp3) is 0.364. The predicted octanol–water partition coefficient (Wildman–Crippen LogP) is 3.88. The fourth-order valence-corrected chi connectivity index (χ4v) is 3.97. The highest BCUT2D eigenvalue weighted by molar-refractivity contribution is 6.30. The van der Waals surface area contributed by atoms with Gasteiger partial charge in [0.15, 0.2) is 5.82 Å². The number of ether oxygens (including phenoxy) is 1. The van der Waals surface area contributed by atoms with Gasteiger partial charge in [-0.15, -0.1) is 10.2 Å². The number of benzene rings is 1. The third-order valence-electron chi connectivity index (χ3n) is 5.46. The Labute approximate surface area is 179 Å². The number of halogens is 1.